The predicted molar refractivity (Wildman–Crippen MR) is 71.7 cm³/mol. The van der Waals surface area contributed by atoms with Crippen LogP contribution in [0.1, 0.15) is 19.4 Å². The normalized spacial score (nSPS) is 13.8. The first-order chi connectivity index (χ1) is 8.34. The lowest BCUT2D eigenvalue weighted by atomic mass is 10.1. The van der Waals surface area contributed by atoms with Crippen molar-refractivity contribution in [3.05, 3.63) is 23.8 Å². The van der Waals surface area contributed by atoms with Gasteiger partial charge in [-0.1, -0.05) is 13.0 Å². The highest BCUT2D eigenvalue weighted by Crippen LogP contribution is 2.23. The molecule has 0 aliphatic rings. The molecule has 0 saturated heterocycles. The van der Waals surface area contributed by atoms with Gasteiger partial charge in [-0.3, -0.25) is 0 Å². The highest BCUT2D eigenvalue weighted by atomic mass is 32.2. The van der Waals surface area contributed by atoms with Crippen LogP contribution in [0.3, 0.4) is 0 Å². The van der Waals surface area contributed by atoms with Crippen molar-refractivity contribution >= 4 is 15.7 Å². The van der Waals surface area contributed by atoms with Crippen molar-refractivity contribution in [2.24, 2.45) is 0 Å². The fraction of sp³-hybridized carbons (Fsp3) is 0.500. The van der Waals surface area contributed by atoms with Crippen LogP contribution in [0, 0.1) is 0 Å². The molecule has 0 aromatic heterocycles. The molecule has 3 N–H and O–H groups in total. The van der Waals surface area contributed by atoms with Crippen LogP contribution in [0.5, 0.6) is 0 Å². The highest BCUT2D eigenvalue weighted by molar-refractivity contribution is 7.89. The first kappa shape index (κ1) is 14.9. The summed E-state index contributed by atoms with van der Waals surface area (Å²) in [7, 11) is -2.17. The van der Waals surface area contributed by atoms with Crippen molar-refractivity contribution in [2.45, 2.75) is 31.2 Å². The van der Waals surface area contributed by atoms with Gasteiger partial charge in [0.15, 0.2) is 0 Å². The lowest BCUT2D eigenvalue weighted by Gasteiger charge is -2.24. The molecule has 5 nitrogen and oxygen atoms in total. The molecule has 1 unspecified atom stereocenters. The summed E-state index contributed by atoms with van der Waals surface area (Å²) in [4.78, 5) is 0.216. The van der Waals surface area contributed by atoms with Crippen molar-refractivity contribution in [3.63, 3.8) is 0 Å². The Morgan fingerprint density at radius 3 is 2.56 bits per heavy atom. The molecule has 6 heteroatoms. The van der Waals surface area contributed by atoms with Gasteiger partial charge in [-0.15, -0.1) is 0 Å². The minimum absolute atomic E-state index is 0.216. The zero-order valence-corrected chi connectivity index (χ0v) is 11.7. The van der Waals surface area contributed by atoms with Crippen molar-refractivity contribution in [3.8, 4) is 0 Å². The van der Waals surface area contributed by atoms with Crippen LogP contribution in [0.25, 0.3) is 0 Å². The van der Waals surface area contributed by atoms with Gasteiger partial charge in [0, 0.05) is 18.8 Å². The van der Waals surface area contributed by atoms with Gasteiger partial charge < -0.3 is 10.8 Å². The minimum Gasteiger partial charge on any atom is -0.399 e. The topological polar surface area (TPSA) is 83.6 Å². The maximum Gasteiger partial charge on any atom is 0.243 e. The summed E-state index contributed by atoms with van der Waals surface area (Å²) in [6.45, 7) is 3.31. The number of sulfonamides is 1. The molecule has 0 saturated carbocycles. The lowest BCUT2D eigenvalue weighted by molar-refractivity contribution is 0.214. The molecular weight excluding hydrogens is 252 g/mol. The third-order valence-corrected chi connectivity index (χ3v) is 5.07. The van der Waals surface area contributed by atoms with Gasteiger partial charge in [0.1, 0.15) is 0 Å². The van der Waals surface area contributed by atoms with Crippen LogP contribution >= 0.6 is 0 Å². The van der Waals surface area contributed by atoms with Gasteiger partial charge in [-0.05, 0) is 31.0 Å². The molecule has 102 valence electrons. The van der Waals surface area contributed by atoms with E-state index in [1.165, 1.54) is 17.4 Å². The number of aliphatic hydroxyl groups is 1. The minimum atomic E-state index is -3.62. The third kappa shape index (κ3) is 2.82. The number of hydrogen-bond acceptors (Lipinski definition) is 4. The van der Waals surface area contributed by atoms with E-state index in [1.807, 2.05) is 6.92 Å². The monoisotopic (exact) mass is 272 g/mol. The van der Waals surface area contributed by atoms with Gasteiger partial charge in [-0.25, -0.2) is 8.42 Å². The van der Waals surface area contributed by atoms with Crippen LogP contribution in [0.15, 0.2) is 23.1 Å². The van der Waals surface area contributed by atoms with Crippen LogP contribution < -0.4 is 5.73 Å². The van der Waals surface area contributed by atoms with E-state index in [4.69, 9.17) is 10.8 Å². The first-order valence-electron chi connectivity index (χ1n) is 5.81. The van der Waals surface area contributed by atoms with E-state index in [-0.39, 0.29) is 11.5 Å². The highest BCUT2D eigenvalue weighted by Gasteiger charge is 2.27. The number of rotatable bonds is 5. The Bertz CT molecular complexity index is 514. The third-order valence-electron chi connectivity index (χ3n) is 3.01. The summed E-state index contributed by atoms with van der Waals surface area (Å²) in [5.41, 5.74) is 6.79. The van der Waals surface area contributed by atoms with E-state index in [9.17, 15) is 8.42 Å². The molecule has 0 radical (unpaired) electrons. The number of nitrogens with two attached hydrogens (primary N) is 1. The second kappa shape index (κ2) is 5.69. The summed E-state index contributed by atoms with van der Waals surface area (Å²) >= 11 is 0. The number of aliphatic hydroxyl groups excluding tert-OH is 1. The number of likely N-dealkylation sites (N-methyl/N-ethyl adjacent to an activating group) is 1. The molecule has 0 spiro atoms. The van der Waals surface area contributed by atoms with Crippen molar-refractivity contribution in [1.82, 2.24) is 4.31 Å². The molecule has 1 aromatic rings. The Labute approximate surface area is 108 Å². The molecule has 1 rings (SSSR count). The van der Waals surface area contributed by atoms with Gasteiger partial charge >= 0.3 is 0 Å². The van der Waals surface area contributed by atoms with Crippen LogP contribution in [-0.4, -0.2) is 37.5 Å². The standard InChI is InChI=1S/C12H20N2O3S/c1-4-10-5-6-11(13)7-12(10)18(16,17)14(3)9(2)8-15/h5-7,9,15H,4,8,13H2,1-3H3. The fourth-order valence-electron chi connectivity index (χ4n) is 1.61. The van der Waals surface area contributed by atoms with E-state index in [1.54, 1.807) is 19.1 Å². The average Bonchev–Trinajstić information content (AvgIpc) is 2.36. The SMILES string of the molecule is CCc1ccc(N)cc1S(=O)(=O)N(C)C(C)CO. The number of nitrogens with zero attached hydrogens (tertiary/aromatic N) is 1. The summed E-state index contributed by atoms with van der Waals surface area (Å²) < 4.78 is 26.0. The van der Waals surface area contributed by atoms with Gasteiger partial charge in [-0.2, -0.15) is 4.31 Å². The summed E-state index contributed by atoms with van der Waals surface area (Å²) in [5.74, 6) is 0. The molecular formula is C12H20N2O3S. The smallest absolute Gasteiger partial charge is 0.243 e. The van der Waals surface area contributed by atoms with Crippen LogP contribution in [-0.2, 0) is 16.4 Å². The maximum absolute atomic E-state index is 12.4. The number of nitrogen functional groups attached to an aromatic ring is 1. The van der Waals surface area contributed by atoms with Gasteiger partial charge in [0.2, 0.25) is 10.0 Å². The molecule has 0 fully saturated rings. The summed E-state index contributed by atoms with van der Waals surface area (Å²) in [5, 5.41) is 9.07. The van der Waals surface area contributed by atoms with E-state index < -0.39 is 16.1 Å². The predicted octanol–water partition coefficient (Wildman–Crippen LogP) is 0.833. The Kier molecular flexibility index (Phi) is 4.72. The molecule has 0 amide bonds. The molecule has 0 aliphatic carbocycles. The fourth-order valence-corrected chi connectivity index (χ4v) is 3.29. The number of benzene rings is 1. The summed E-state index contributed by atoms with van der Waals surface area (Å²) in [6, 6.07) is 4.41. The zero-order chi connectivity index (χ0) is 13.9. The van der Waals surface area contributed by atoms with E-state index >= 15 is 0 Å². The second-order valence-corrected chi connectivity index (χ2v) is 6.24. The molecule has 1 aromatic carbocycles. The lowest BCUT2D eigenvalue weighted by Crippen LogP contribution is -2.37. The Morgan fingerprint density at radius 1 is 1.44 bits per heavy atom. The molecule has 0 heterocycles. The molecule has 1 atom stereocenters. The van der Waals surface area contributed by atoms with Gasteiger partial charge in [0.25, 0.3) is 0 Å². The Hall–Kier alpha value is -1.11. The summed E-state index contributed by atoms with van der Waals surface area (Å²) in [6.07, 6.45) is 0.607. The molecule has 0 aliphatic heterocycles. The maximum atomic E-state index is 12.4. The molecule has 0 bridgehead atoms. The van der Waals surface area contributed by atoms with E-state index in [2.05, 4.69) is 0 Å². The van der Waals surface area contributed by atoms with Crippen molar-refractivity contribution < 1.29 is 13.5 Å². The average molecular weight is 272 g/mol. The number of anilines is 1. The zero-order valence-electron chi connectivity index (χ0n) is 10.9. The van der Waals surface area contributed by atoms with E-state index in [0.29, 0.717) is 12.1 Å². The number of hydrogen-bond donors (Lipinski definition) is 2. The Balaban J connectivity index is 3.31. The van der Waals surface area contributed by atoms with Crippen molar-refractivity contribution in [1.29, 1.82) is 0 Å². The second-order valence-electron chi connectivity index (χ2n) is 4.27. The number of aryl methyl sites for hydroxylation is 1. The van der Waals surface area contributed by atoms with E-state index in [0.717, 1.165) is 5.56 Å². The Morgan fingerprint density at radius 2 is 2.06 bits per heavy atom. The van der Waals surface area contributed by atoms with Crippen molar-refractivity contribution in [2.75, 3.05) is 19.4 Å². The first-order valence-corrected chi connectivity index (χ1v) is 7.25. The molecule has 18 heavy (non-hydrogen) atoms. The van der Waals surface area contributed by atoms with Gasteiger partial charge in [0.05, 0.1) is 11.5 Å². The quantitative estimate of drug-likeness (QED) is 0.778. The van der Waals surface area contributed by atoms with Crippen LogP contribution in [0.2, 0.25) is 0 Å². The largest absolute Gasteiger partial charge is 0.399 e. The van der Waals surface area contributed by atoms with Crippen LogP contribution in [0.4, 0.5) is 5.69 Å².